The van der Waals surface area contributed by atoms with E-state index >= 15 is 0 Å². The van der Waals surface area contributed by atoms with Crippen molar-refractivity contribution in [2.75, 3.05) is 0 Å². The molecule has 0 N–H and O–H groups in total. The zero-order valence-electron chi connectivity index (χ0n) is 11.1. The fourth-order valence-electron chi connectivity index (χ4n) is 3.71. The molecule has 5 rings (SSSR count). The first kappa shape index (κ1) is 10.4. The van der Waals surface area contributed by atoms with Crippen LogP contribution in [0.15, 0.2) is 54.6 Å². The fourth-order valence-corrected chi connectivity index (χ4v) is 3.71. The summed E-state index contributed by atoms with van der Waals surface area (Å²) >= 11 is 0. The predicted molar refractivity (Wildman–Crippen MR) is 85.2 cm³/mol. The van der Waals surface area contributed by atoms with Crippen molar-refractivity contribution in [2.45, 2.75) is 12.8 Å². The Bertz CT molecular complexity index is 914. The molecule has 93 valence electrons. The summed E-state index contributed by atoms with van der Waals surface area (Å²) in [5, 5.41) is 8.21. The van der Waals surface area contributed by atoms with Gasteiger partial charge in [0.2, 0.25) is 0 Å². The minimum absolute atomic E-state index is 1.13. The molecular formula is C20H13. The molecule has 1 aliphatic rings. The van der Waals surface area contributed by atoms with Crippen molar-refractivity contribution in [2.24, 2.45) is 0 Å². The first-order valence-electron chi connectivity index (χ1n) is 7.19. The van der Waals surface area contributed by atoms with Crippen LogP contribution in [0.3, 0.4) is 0 Å². The van der Waals surface area contributed by atoms with E-state index in [-0.39, 0.29) is 0 Å². The van der Waals surface area contributed by atoms with Crippen LogP contribution in [-0.2, 0) is 12.8 Å². The number of aryl methyl sites for hydroxylation is 2. The molecule has 0 amide bonds. The van der Waals surface area contributed by atoms with Crippen molar-refractivity contribution in [3.8, 4) is 0 Å². The molecule has 0 atom stereocenters. The molecule has 4 aromatic carbocycles. The van der Waals surface area contributed by atoms with Crippen LogP contribution in [0.4, 0.5) is 0 Å². The molecule has 1 aliphatic carbocycles. The summed E-state index contributed by atoms with van der Waals surface area (Å²) in [6.45, 7) is 0. The summed E-state index contributed by atoms with van der Waals surface area (Å²) in [7, 11) is 0. The van der Waals surface area contributed by atoms with Gasteiger partial charge in [-0.1, -0.05) is 54.6 Å². The zero-order valence-corrected chi connectivity index (χ0v) is 11.1. The lowest BCUT2D eigenvalue weighted by Gasteiger charge is -2.10. The normalized spacial score (nSPS) is 13.6. The van der Waals surface area contributed by atoms with Crippen LogP contribution in [0.5, 0.6) is 0 Å². The lowest BCUT2D eigenvalue weighted by Crippen LogP contribution is -1.85. The van der Waals surface area contributed by atoms with Crippen LogP contribution in [0.25, 0.3) is 32.3 Å². The van der Waals surface area contributed by atoms with Gasteiger partial charge in [-0.3, -0.25) is 0 Å². The predicted octanol–water partition coefficient (Wildman–Crippen LogP) is 5.04. The third-order valence-electron chi connectivity index (χ3n) is 4.56. The Morgan fingerprint density at radius 1 is 0.750 bits per heavy atom. The Hall–Kier alpha value is -2.34. The maximum atomic E-state index is 3.64. The number of rotatable bonds is 0. The average Bonchev–Trinajstić information content (AvgIpc) is 2.90. The summed E-state index contributed by atoms with van der Waals surface area (Å²) in [5.74, 6) is 0. The lowest BCUT2D eigenvalue weighted by atomic mass is 9.93. The van der Waals surface area contributed by atoms with E-state index in [1.165, 1.54) is 43.4 Å². The van der Waals surface area contributed by atoms with Gasteiger partial charge in [-0.15, -0.1) is 0 Å². The molecular weight excluding hydrogens is 240 g/mol. The molecule has 0 spiro atoms. The van der Waals surface area contributed by atoms with Crippen molar-refractivity contribution in [1.29, 1.82) is 0 Å². The summed E-state index contributed by atoms with van der Waals surface area (Å²) < 4.78 is 0. The Morgan fingerprint density at radius 2 is 1.55 bits per heavy atom. The molecule has 0 aliphatic heterocycles. The molecule has 0 bridgehead atoms. The highest BCUT2D eigenvalue weighted by Gasteiger charge is 2.18. The van der Waals surface area contributed by atoms with Crippen molar-refractivity contribution in [1.82, 2.24) is 0 Å². The van der Waals surface area contributed by atoms with Gasteiger partial charge in [0, 0.05) is 0 Å². The van der Waals surface area contributed by atoms with Crippen LogP contribution in [0.2, 0.25) is 0 Å². The highest BCUT2D eigenvalue weighted by atomic mass is 14.2. The third-order valence-corrected chi connectivity index (χ3v) is 4.56. The minimum atomic E-state index is 1.13. The number of hydrogen-bond donors (Lipinski definition) is 0. The van der Waals surface area contributed by atoms with Crippen LogP contribution < -0.4 is 0 Å². The van der Waals surface area contributed by atoms with Crippen molar-refractivity contribution in [3.63, 3.8) is 0 Å². The second kappa shape index (κ2) is 3.61. The maximum Gasteiger partial charge on any atom is -0.00208 e. The molecule has 0 saturated heterocycles. The summed E-state index contributed by atoms with van der Waals surface area (Å²) in [5.41, 5.74) is 2.90. The van der Waals surface area contributed by atoms with Gasteiger partial charge in [-0.05, 0) is 62.4 Å². The first-order chi connectivity index (χ1) is 9.92. The van der Waals surface area contributed by atoms with Gasteiger partial charge < -0.3 is 0 Å². The number of hydrogen-bond acceptors (Lipinski definition) is 0. The van der Waals surface area contributed by atoms with Crippen LogP contribution in [0.1, 0.15) is 11.1 Å². The number of benzene rings is 4. The Balaban J connectivity index is 2.20. The Labute approximate surface area is 117 Å². The largest absolute Gasteiger partial charge is 0.0616 e. The van der Waals surface area contributed by atoms with Crippen LogP contribution >= 0.6 is 0 Å². The topological polar surface area (TPSA) is 0 Å². The smallest absolute Gasteiger partial charge is 0.00208 e. The summed E-state index contributed by atoms with van der Waals surface area (Å²) in [6.07, 6.45) is 2.29. The molecule has 0 unspecified atom stereocenters. The molecule has 0 fully saturated rings. The molecule has 0 aromatic heterocycles. The molecule has 1 radical (unpaired) electrons. The van der Waals surface area contributed by atoms with Gasteiger partial charge in [0.05, 0.1) is 0 Å². The standard InChI is InChI=1S/C20H13/c1-3-7-17-13(5-1)11-15-9-10-16-12-14-6-2-4-8-18(14)20(17)19(15)16/h1-8,11H,9-10H2. The minimum Gasteiger partial charge on any atom is -0.0616 e. The molecule has 0 heteroatoms. The van der Waals surface area contributed by atoms with E-state index in [0.29, 0.717) is 0 Å². The maximum absolute atomic E-state index is 3.64. The van der Waals surface area contributed by atoms with Gasteiger partial charge in [-0.25, -0.2) is 0 Å². The van der Waals surface area contributed by atoms with E-state index in [1.54, 1.807) is 0 Å². The van der Waals surface area contributed by atoms with Gasteiger partial charge in [-0.2, -0.15) is 0 Å². The van der Waals surface area contributed by atoms with Crippen molar-refractivity contribution in [3.05, 3.63) is 71.8 Å². The monoisotopic (exact) mass is 253 g/mol. The van der Waals surface area contributed by atoms with Crippen LogP contribution in [0, 0.1) is 6.07 Å². The summed E-state index contributed by atoms with van der Waals surface area (Å²) in [6, 6.07) is 23.4. The molecule has 4 aromatic rings. The Morgan fingerprint density at radius 3 is 2.50 bits per heavy atom. The van der Waals surface area contributed by atoms with E-state index in [4.69, 9.17) is 0 Å². The molecule has 0 heterocycles. The highest BCUT2D eigenvalue weighted by Crippen LogP contribution is 2.40. The quantitative estimate of drug-likeness (QED) is 0.385. The van der Waals surface area contributed by atoms with Gasteiger partial charge in [0.15, 0.2) is 0 Å². The highest BCUT2D eigenvalue weighted by molar-refractivity contribution is 6.22. The molecule has 0 saturated carbocycles. The number of fused-ring (bicyclic) bond motifs is 4. The lowest BCUT2D eigenvalue weighted by molar-refractivity contribution is 1.02. The molecule has 20 heavy (non-hydrogen) atoms. The Kier molecular flexibility index (Phi) is 1.88. The van der Waals surface area contributed by atoms with E-state index in [9.17, 15) is 0 Å². The fraction of sp³-hybridized carbons (Fsp3) is 0.100. The second-order valence-corrected chi connectivity index (χ2v) is 5.66. The average molecular weight is 253 g/mol. The summed E-state index contributed by atoms with van der Waals surface area (Å²) in [4.78, 5) is 0. The molecule has 0 nitrogen and oxygen atoms in total. The zero-order chi connectivity index (χ0) is 13.1. The van der Waals surface area contributed by atoms with E-state index in [1.807, 2.05) is 0 Å². The first-order valence-corrected chi connectivity index (χ1v) is 7.19. The van der Waals surface area contributed by atoms with Crippen molar-refractivity contribution >= 4 is 32.3 Å². The van der Waals surface area contributed by atoms with E-state index < -0.39 is 0 Å². The van der Waals surface area contributed by atoms with Crippen LogP contribution in [-0.4, -0.2) is 0 Å². The third kappa shape index (κ3) is 1.21. The SMILES string of the molecule is [c]1c2c3c(cc4ccccc4c3c3ccccc13)CC2. The van der Waals surface area contributed by atoms with Gasteiger partial charge in [0.1, 0.15) is 0 Å². The van der Waals surface area contributed by atoms with Gasteiger partial charge in [0.25, 0.3) is 0 Å². The van der Waals surface area contributed by atoms with E-state index in [0.717, 1.165) is 12.8 Å². The van der Waals surface area contributed by atoms with Gasteiger partial charge >= 0.3 is 0 Å². The second-order valence-electron chi connectivity index (χ2n) is 5.66. The van der Waals surface area contributed by atoms with E-state index in [2.05, 4.69) is 60.7 Å². The van der Waals surface area contributed by atoms with Crippen molar-refractivity contribution < 1.29 is 0 Å².